The van der Waals surface area contributed by atoms with Gasteiger partial charge in [0.25, 0.3) is 5.54 Å². The van der Waals surface area contributed by atoms with E-state index in [2.05, 4.69) is 6.58 Å². The molecule has 0 atom stereocenters. The fourth-order valence-corrected chi connectivity index (χ4v) is 1.59. The molecule has 0 spiro atoms. The highest BCUT2D eigenvalue weighted by Crippen LogP contribution is 2.24. The molecule has 0 aliphatic carbocycles. The van der Waals surface area contributed by atoms with E-state index >= 15 is 0 Å². The van der Waals surface area contributed by atoms with Crippen molar-refractivity contribution in [2.75, 3.05) is 6.61 Å². The largest absolute Gasteiger partial charge is 0.478 e. The molecule has 0 aromatic carbocycles. The average molecular weight is 355 g/mol. The maximum Gasteiger partial charge on any atom is 0.333 e. The molecule has 25 heavy (non-hydrogen) atoms. The number of hydrogen-bond acceptors (Lipinski definition) is 6. The van der Waals surface area contributed by atoms with Crippen LogP contribution in [0.1, 0.15) is 33.6 Å². The van der Waals surface area contributed by atoms with E-state index in [1.165, 1.54) is 20.8 Å². The Balaban J connectivity index is 5.71. The van der Waals surface area contributed by atoms with Gasteiger partial charge in [-0.25, -0.2) is 14.4 Å². The summed E-state index contributed by atoms with van der Waals surface area (Å²) in [5, 5.41) is 29.4. The van der Waals surface area contributed by atoms with Gasteiger partial charge in [0.2, 0.25) is 0 Å². The number of carboxylic acids is 2. The van der Waals surface area contributed by atoms with Crippen molar-refractivity contribution in [3.63, 3.8) is 0 Å². The predicted octanol–water partition coefficient (Wildman–Crippen LogP) is 1.96. The second-order valence-corrected chi connectivity index (χ2v) is 5.63. The average Bonchev–Trinajstić information content (AvgIpc) is 2.52. The Morgan fingerprint density at radius 3 is 1.76 bits per heavy atom. The number of carboxylic acid groups (broad SMARTS) is 2. The van der Waals surface area contributed by atoms with Gasteiger partial charge in [-0.05, 0) is 20.8 Å². The molecule has 0 unspecified atom stereocenters. The molecular formula is C16H21NO8. The first-order valence-corrected chi connectivity index (χ1v) is 7.20. The van der Waals surface area contributed by atoms with Crippen molar-refractivity contribution < 1.29 is 34.3 Å². The van der Waals surface area contributed by atoms with Crippen molar-refractivity contribution in [2.24, 2.45) is 0 Å². The quantitative estimate of drug-likeness (QED) is 0.262. The molecule has 0 radical (unpaired) electrons. The van der Waals surface area contributed by atoms with Gasteiger partial charge < -0.3 is 14.9 Å². The number of rotatable bonds is 10. The Morgan fingerprint density at radius 1 is 1.08 bits per heavy atom. The van der Waals surface area contributed by atoms with E-state index in [9.17, 15) is 24.5 Å². The van der Waals surface area contributed by atoms with Crippen molar-refractivity contribution in [2.45, 2.75) is 39.2 Å². The Morgan fingerprint density at radius 2 is 1.48 bits per heavy atom. The van der Waals surface area contributed by atoms with E-state index in [4.69, 9.17) is 14.9 Å². The number of hydrogen-bond donors (Lipinski definition) is 2. The highest BCUT2D eigenvalue weighted by molar-refractivity contribution is 5.87. The summed E-state index contributed by atoms with van der Waals surface area (Å²) in [7, 11) is 0. The van der Waals surface area contributed by atoms with Gasteiger partial charge in [-0.3, -0.25) is 10.1 Å². The number of nitro groups is 1. The summed E-state index contributed by atoms with van der Waals surface area (Å²) in [6.07, 6.45) is 1.57. The van der Waals surface area contributed by atoms with Gasteiger partial charge in [0, 0.05) is 34.5 Å². The Hall–Kier alpha value is -2.97. The Bertz CT molecular complexity index is 613. The summed E-state index contributed by atoms with van der Waals surface area (Å²) < 4.78 is 4.88. The van der Waals surface area contributed by atoms with E-state index in [1.807, 2.05) is 0 Å². The minimum atomic E-state index is -1.89. The van der Waals surface area contributed by atoms with Crippen LogP contribution >= 0.6 is 0 Å². The molecule has 0 aliphatic rings. The van der Waals surface area contributed by atoms with Crippen LogP contribution < -0.4 is 0 Å². The smallest absolute Gasteiger partial charge is 0.333 e. The van der Waals surface area contributed by atoms with Gasteiger partial charge in [0.15, 0.2) is 6.61 Å². The maximum atomic E-state index is 11.6. The predicted molar refractivity (Wildman–Crippen MR) is 87.5 cm³/mol. The van der Waals surface area contributed by atoms with Crippen LogP contribution in [0.3, 0.4) is 0 Å². The zero-order valence-corrected chi connectivity index (χ0v) is 14.3. The standard InChI is InChI=1S/C16H21NO8/c1-10(2)15(22)25-9-16(17(23)24,7-5-11(3)13(18)19)8-6-12(4)14(20)21/h5-6H,1,7-9H2,2-4H3,(H,18,19)(H,20,21). The summed E-state index contributed by atoms with van der Waals surface area (Å²) in [4.78, 5) is 44.2. The second kappa shape index (κ2) is 9.36. The monoisotopic (exact) mass is 355 g/mol. The minimum absolute atomic E-state index is 0.0479. The van der Waals surface area contributed by atoms with Crippen LogP contribution in [0.5, 0.6) is 0 Å². The molecular weight excluding hydrogens is 334 g/mol. The zero-order chi connectivity index (χ0) is 19.8. The Labute approximate surface area is 144 Å². The summed E-state index contributed by atoms with van der Waals surface area (Å²) in [6.45, 7) is 6.63. The summed E-state index contributed by atoms with van der Waals surface area (Å²) in [5.74, 6) is -3.31. The van der Waals surface area contributed by atoms with Crippen LogP contribution in [0.25, 0.3) is 0 Å². The maximum absolute atomic E-state index is 11.6. The molecule has 9 heteroatoms. The second-order valence-electron chi connectivity index (χ2n) is 5.63. The summed E-state index contributed by atoms with van der Waals surface area (Å²) in [5.41, 5.74) is -2.07. The van der Waals surface area contributed by atoms with Crippen LogP contribution in [0.15, 0.2) is 35.5 Å². The number of esters is 1. The van der Waals surface area contributed by atoms with E-state index in [0.717, 1.165) is 12.2 Å². The third kappa shape index (κ3) is 6.98. The van der Waals surface area contributed by atoms with Crippen LogP contribution in [0.4, 0.5) is 0 Å². The molecule has 0 saturated carbocycles. The van der Waals surface area contributed by atoms with Gasteiger partial charge in [-0.15, -0.1) is 0 Å². The molecule has 2 N–H and O–H groups in total. The molecule has 0 aromatic rings. The van der Waals surface area contributed by atoms with Crippen LogP contribution in [-0.2, 0) is 19.1 Å². The van der Waals surface area contributed by atoms with Crippen molar-refractivity contribution in [3.8, 4) is 0 Å². The fourth-order valence-electron chi connectivity index (χ4n) is 1.59. The summed E-state index contributed by atoms with van der Waals surface area (Å²) >= 11 is 0. The van der Waals surface area contributed by atoms with Gasteiger partial charge >= 0.3 is 17.9 Å². The van der Waals surface area contributed by atoms with Gasteiger partial charge in [-0.2, -0.15) is 0 Å². The molecule has 0 bridgehead atoms. The van der Waals surface area contributed by atoms with E-state index in [1.54, 1.807) is 0 Å². The first-order valence-electron chi connectivity index (χ1n) is 7.20. The number of carbonyl (C=O) groups excluding carboxylic acids is 1. The van der Waals surface area contributed by atoms with E-state index < -0.39 is 35.0 Å². The molecule has 0 aliphatic heterocycles. The van der Waals surface area contributed by atoms with Crippen LogP contribution in [-0.4, -0.2) is 45.2 Å². The molecule has 0 amide bonds. The van der Waals surface area contributed by atoms with Gasteiger partial charge in [-0.1, -0.05) is 18.7 Å². The number of aliphatic carboxylic acids is 2. The topological polar surface area (TPSA) is 144 Å². The van der Waals surface area contributed by atoms with Crippen molar-refractivity contribution in [1.29, 1.82) is 0 Å². The zero-order valence-electron chi connectivity index (χ0n) is 14.3. The SMILES string of the molecule is C=C(C)C(=O)OCC(CC=C(C)C(=O)O)(CC=C(C)C(=O)O)[N+](=O)[O-]. The normalized spacial score (nSPS) is 14.4. The van der Waals surface area contributed by atoms with Crippen molar-refractivity contribution >= 4 is 17.9 Å². The number of carbonyl (C=O) groups is 3. The summed E-state index contributed by atoms with van der Waals surface area (Å²) in [6, 6.07) is 0. The van der Waals surface area contributed by atoms with Gasteiger partial charge in [0.05, 0.1) is 0 Å². The van der Waals surface area contributed by atoms with Gasteiger partial charge in [0.1, 0.15) is 0 Å². The third-order valence-corrected chi connectivity index (χ3v) is 3.46. The molecule has 138 valence electrons. The highest BCUT2D eigenvalue weighted by atomic mass is 16.6. The first kappa shape index (κ1) is 22.0. The molecule has 0 heterocycles. The lowest BCUT2D eigenvalue weighted by atomic mass is 9.90. The van der Waals surface area contributed by atoms with E-state index in [-0.39, 0.29) is 29.6 Å². The lowest BCUT2D eigenvalue weighted by molar-refractivity contribution is -0.571. The van der Waals surface area contributed by atoms with Crippen molar-refractivity contribution in [1.82, 2.24) is 0 Å². The molecule has 0 saturated heterocycles. The third-order valence-electron chi connectivity index (χ3n) is 3.46. The minimum Gasteiger partial charge on any atom is -0.478 e. The highest BCUT2D eigenvalue weighted by Gasteiger charge is 2.43. The fraction of sp³-hybridized carbons (Fsp3) is 0.438. The lowest BCUT2D eigenvalue weighted by Crippen LogP contribution is -2.43. The number of ether oxygens (including phenoxy) is 1. The molecule has 0 fully saturated rings. The molecule has 0 rings (SSSR count). The van der Waals surface area contributed by atoms with Crippen LogP contribution in [0, 0.1) is 10.1 Å². The lowest BCUT2D eigenvalue weighted by Gasteiger charge is -2.23. The first-order chi connectivity index (χ1) is 11.4. The van der Waals surface area contributed by atoms with Crippen LogP contribution in [0.2, 0.25) is 0 Å². The van der Waals surface area contributed by atoms with E-state index in [0.29, 0.717) is 0 Å². The molecule has 9 nitrogen and oxygen atoms in total. The number of nitrogens with zero attached hydrogens (tertiary/aromatic N) is 1. The van der Waals surface area contributed by atoms with Crippen molar-refractivity contribution in [3.05, 3.63) is 45.6 Å². The molecule has 0 aromatic heterocycles. The Kier molecular flexibility index (Phi) is 8.24.